The first-order valence-corrected chi connectivity index (χ1v) is 7.13. The summed E-state index contributed by atoms with van der Waals surface area (Å²) in [5, 5.41) is 2.75. The summed E-state index contributed by atoms with van der Waals surface area (Å²) in [5.74, 6) is 0.187. The van der Waals surface area contributed by atoms with Gasteiger partial charge in [-0.3, -0.25) is 14.2 Å². The van der Waals surface area contributed by atoms with Gasteiger partial charge in [-0.2, -0.15) is 0 Å². The van der Waals surface area contributed by atoms with Crippen molar-refractivity contribution in [3.8, 4) is 0 Å². The minimum atomic E-state index is -0.235. The zero-order valence-corrected chi connectivity index (χ0v) is 11.7. The Morgan fingerprint density at radius 2 is 2.05 bits per heavy atom. The van der Waals surface area contributed by atoms with Crippen molar-refractivity contribution in [3.63, 3.8) is 0 Å². The maximum absolute atomic E-state index is 12.0. The van der Waals surface area contributed by atoms with Crippen molar-refractivity contribution in [2.75, 3.05) is 5.32 Å². The summed E-state index contributed by atoms with van der Waals surface area (Å²) >= 11 is 0. The van der Waals surface area contributed by atoms with E-state index in [0.717, 1.165) is 24.2 Å². The molecule has 0 bridgehead atoms. The largest absolute Gasteiger partial charge is 0.325 e. The van der Waals surface area contributed by atoms with Gasteiger partial charge >= 0.3 is 0 Å². The molecule has 2 aromatic rings. The Bertz CT molecular complexity index is 690. The Hall–Kier alpha value is -2.43. The molecule has 1 aliphatic rings. The molecule has 0 unspecified atom stereocenters. The van der Waals surface area contributed by atoms with Gasteiger partial charge in [0.1, 0.15) is 6.54 Å². The Balaban J connectivity index is 1.67. The number of rotatable bonds is 4. The van der Waals surface area contributed by atoms with E-state index < -0.39 is 0 Å². The maximum Gasteiger partial charge on any atom is 0.254 e. The molecule has 1 aromatic heterocycles. The number of para-hydroxylation sites is 1. The quantitative estimate of drug-likeness (QED) is 0.935. The summed E-state index contributed by atoms with van der Waals surface area (Å²) in [4.78, 5) is 28.2. The fourth-order valence-corrected chi connectivity index (χ4v) is 2.36. The number of nitrogens with zero attached hydrogens (tertiary/aromatic N) is 2. The molecule has 1 heterocycles. The lowest BCUT2D eigenvalue weighted by Gasteiger charge is -2.24. The van der Waals surface area contributed by atoms with Crippen molar-refractivity contribution in [3.05, 3.63) is 58.8 Å². The SMILES string of the molecule is O=C(Cn1cnc(C2CCC2)cc1=O)Nc1ccccc1. The van der Waals surface area contributed by atoms with Gasteiger partial charge in [-0.05, 0) is 25.0 Å². The molecule has 1 aliphatic carbocycles. The zero-order chi connectivity index (χ0) is 14.7. The highest BCUT2D eigenvalue weighted by Gasteiger charge is 2.21. The molecule has 0 saturated heterocycles. The van der Waals surface area contributed by atoms with Gasteiger partial charge < -0.3 is 5.32 Å². The van der Waals surface area contributed by atoms with Gasteiger partial charge in [-0.15, -0.1) is 0 Å². The molecule has 1 fully saturated rings. The average Bonchev–Trinajstić information content (AvgIpc) is 2.41. The molecule has 3 rings (SSSR count). The van der Waals surface area contributed by atoms with Crippen molar-refractivity contribution in [1.82, 2.24) is 9.55 Å². The van der Waals surface area contributed by atoms with E-state index in [1.807, 2.05) is 18.2 Å². The first kappa shape index (κ1) is 13.5. The third-order valence-electron chi connectivity index (χ3n) is 3.80. The third-order valence-corrected chi connectivity index (χ3v) is 3.80. The summed E-state index contributed by atoms with van der Waals surface area (Å²) in [6.45, 7) is -0.0221. The van der Waals surface area contributed by atoms with E-state index in [9.17, 15) is 9.59 Å². The van der Waals surface area contributed by atoms with Crippen LogP contribution in [-0.4, -0.2) is 15.5 Å². The highest BCUT2D eigenvalue weighted by molar-refractivity contribution is 5.90. The Morgan fingerprint density at radius 3 is 2.67 bits per heavy atom. The molecule has 0 radical (unpaired) electrons. The van der Waals surface area contributed by atoms with E-state index in [2.05, 4.69) is 10.3 Å². The normalized spacial score (nSPS) is 14.5. The maximum atomic E-state index is 12.0. The molecule has 1 aromatic carbocycles. The van der Waals surface area contributed by atoms with Crippen molar-refractivity contribution in [1.29, 1.82) is 0 Å². The number of aromatic nitrogens is 2. The van der Waals surface area contributed by atoms with Crippen LogP contribution in [0.3, 0.4) is 0 Å². The molecule has 1 amide bonds. The number of amides is 1. The molecular formula is C16H17N3O2. The third kappa shape index (κ3) is 3.18. The van der Waals surface area contributed by atoms with Crippen molar-refractivity contribution >= 4 is 11.6 Å². The minimum absolute atomic E-state index is 0.0221. The first-order valence-electron chi connectivity index (χ1n) is 7.13. The molecule has 5 nitrogen and oxygen atoms in total. The van der Waals surface area contributed by atoms with Crippen LogP contribution in [0.1, 0.15) is 30.9 Å². The van der Waals surface area contributed by atoms with Crippen LogP contribution in [0.4, 0.5) is 5.69 Å². The van der Waals surface area contributed by atoms with Crippen LogP contribution in [0.15, 0.2) is 47.5 Å². The van der Waals surface area contributed by atoms with Crippen LogP contribution in [0.5, 0.6) is 0 Å². The predicted molar refractivity (Wildman–Crippen MR) is 80.2 cm³/mol. The van der Waals surface area contributed by atoms with Crippen LogP contribution >= 0.6 is 0 Å². The lowest BCUT2D eigenvalue weighted by Crippen LogP contribution is -2.28. The molecular weight excluding hydrogens is 266 g/mol. The number of nitrogens with one attached hydrogen (secondary N) is 1. The fraction of sp³-hybridized carbons (Fsp3) is 0.312. The summed E-state index contributed by atoms with van der Waals surface area (Å²) < 4.78 is 1.33. The van der Waals surface area contributed by atoms with Crippen LogP contribution in [0.25, 0.3) is 0 Å². The van der Waals surface area contributed by atoms with Crippen LogP contribution in [0, 0.1) is 0 Å². The molecule has 5 heteroatoms. The summed E-state index contributed by atoms with van der Waals surface area (Å²) in [7, 11) is 0. The Morgan fingerprint density at radius 1 is 1.29 bits per heavy atom. The molecule has 1 N–H and O–H groups in total. The van der Waals surface area contributed by atoms with E-state index in [4.69, 9.17) is 0 Å². The number of hydrogen-bond acceptors (Lipinski definition) is 3. The van der Waals surface area contributed by atoms with Gasteiger partial charge in [0.15, 0.2) is 0 Å². The average molecular weight is 283 g/mol. The second kappa shape index (κ2) is 5.91. The minimum Gasteiger partial charge on any atom is -0.325 e. The van der Waals surface area contributed by atoms with Crippen LogP contribution in [-0.2, 0) is 11.3 Å². The molecule has 1 saturated carbocycles. The van der Waals surface area contributed by atoms with Crippen molar-refractivity contribution in [2.24, 2.45) is 0 Å². The van der Waals surface area contributed by atoms with Gasteiger partial charge in [-0.25, -0.2) is 4.98 Å². The van der Waals surface area contributed by atoms with E-state index in [1.165, 1.54) is 17.3 Å². The second-order valence-electron chi connectivity index (χ2n) is 5.32. The van der Waals surface area contributed by atoms with Gasteiger partial charge in [0.25, 0.3) is 5.56 Å². The molecule has 0 atom stereocenters. The molecule has 108 valence electrons. The highest BCUT2D eigenvalue weighted by Crippen LogP contribution is 2.34. The summed E-state index contributed by atoms with van der Waals surface area (Å²) in [6.07, 6.45) is 4.88. The van der Waals surface area contributed by atoms with E-state index >= 15 is 0 Å². The highest BCUT2D eigenvalue weighted by atomic mass is 16.2. The standard InChI is InChI=1S/C16H17N3O2/c20-15(18-13-7-2-1-3-8-13)10-19-11-17-14(9-16(19)21)12-5-4-6-12/h1-3,7-9,11-12H,4-6,10H2,(H,18,20). The topological polar surface area (TPSA) is 64.0 Å². The van der Waals surface area contributed by atoms with Gasteiger partial charge in [0.05, 0.1) is 12.0 Å². The number of hydrogen-bond donors (Lipinski definition) is 1. The lowest BCUT2D eigenvalue weighted by atomic mass is 9.83. The number of anilines is 1. The zero-order valence-electron chi connectivity index (χ0n) is 11.7. The fourth-order valence-electron chi connectivity index (χ4n) is 2.36. The Labute approximate surface area is 122 Å². The van der Waals surface area contributed by atoms with Gasteiger partial charge in [0, 0.05) is 17.7 Å². The monoisotopic (exact) mass is 283 g/mol. The first-order chi connectivity index (χ1) is 10.2. The van der Waals surface area contributed by atoms with E-state index in [-0.39, 0.29) is 18.0 Å². The van der Waals surface area contributed by atoms with Gasteiger partial charge in [0.2, 0.25) is 5.91 Å². The number of carbonyl (C=O) groups is 1. The molecule has 0 spiro atoms. The Kier molecular flexibility index (Phi) is 3.81. The van der Waals surface area contributed by atoms with Crippen LogP contribution in [0.2, 0.25) is 0 Å². The smallest absolute Gasteiger partial charge is 0.254 e. The summed E-state index contributed by atoms with van der Waals surface area (Å²) in [6, 6.07) is 10.7. The number of benzene rings is 1. The van der Waals surface area contributed by atoms with E-state index in [1.54, 1.807) is 18.2 Å². The summed E-state index contributed by atoms with van der Waals surface area (Å²) in [5.41, 5.74) is 1.40. The predicted octanol–water partition coefficient (Wildman–Crippen LogP) is 2.15. The second-order valence-corrected chi connectivity index (χ2v) is 5.32. The van der Waals surface area contributed by atoms with E-state index in [0.29, 0.717) is 5.92 Å². The lowest BCUT2D eigenvalue weighted by molar-refractivity contribution is -0.116. The van der Waals surface area contributed by atoms with Crippen molar-refractivity contribution < 1.29 is 4.79 Å². The molecule has 0 aliphatic heterocycles. The molecule has 21 heavy (non-hydrogen) atoms. The van der Waals surface area contributed by atoms with Crippen LogP contribution < -0.4 is 10.9 Å². The van der Waals surface area contributed by atoms with Gasteiger partial charge in [-0.1, -0.05) is 24.6 Å². The van der Waals surface area contributed by atoms with Crippen molar-refractivity contribution in [2.45, 2.75) is 31.7 Å². The number of carbonyl (C=O) groups excluding carboxylic acids is 1.